The summed E-state index contributed by atoms with van der Waals surface area (Å²) in [6, 6.07) is 9.95. The van der Waals surface area contributed by atoms with Crippen molar-refractivity contribution >= 4 is 0 Å². The van der Waals surface area contributed by atoms with Crippen LogP contribution in [0.4, 0.5) is 0 Å². The first-order valence-electron chi connectivity index (χ1n) is 7.31. The summed E-state index contributed by atoms with van der Waals surface area (Å²) in [6.07, 6.45) is 5.21. The van der Waals surface area contributed by atoms with Gasteiger partial charge in [0.25, 0.3) is 0 Å². The molecule has 2 N–H and O–H groups in total. The molecule has 0 spiro atoms. The molecule has 0 unspecified atom stereocenters. The van der Waals surface area contributed by atoms with Gasteiger partial charge in [0.15, 0.2) is 11.5 Å². The summed E-state index contributed by atoms with van der Waals surface area (Å²) in [7, 11) is 0. The molecule has 1 aromatic heterocycles. The van der Waals surface area contributed by atoms with Gasteiger partial charge in [0.2, 0.25) is 0 Å². The predicted octanol–water partition coefficient (Wildman–Crippen LogP) is 2.60. The maximum absolute atomic E-state index is 5.98. The fraction of sp³-hybridized carbons (Fsp3) is 0.353. The van der Waals surface area contributed by atoms with Gasteiger partial charge in [-0.25, -0.2) is 0 Å². The van der Waals surface area contributed by atoms with E-state index >= 15 is 0 Å². The fourth-order valence-corrected chi connectivity index (χ4v) is 2.17. The van der Waals surface area contributed by atoms with Crippen molar-refractivity contribution in [2.75, 3.05) is 19.8 Å². The SMILES string of the molecule is CCOc1cccc(CCN)c1OCCc1ccncc1. The number of nitrogens with zero attached hydrogens (tertiary/aromatic N) is 1. The smallest absolute Gasteiger partial charge is 0.164 e. The van der Waals surface area contributed by atoms with E-state index in [1.54, 1.807) is 12.4 Å². The number of nitrogens with two attached hydrogens (primary N) is 1. The Morgan fingerprint density at radius 2 is 1.86 bits per heavy atom. The van der Waals surface area contributed by atoms with Crippen molar-refractivity contribution in [1.29, 1.82) is 0 Å². The predicted molar refractivity (Wildman–Crippen MR) is 83.8 cm³/mol. The molecule has 4 nitrogen and oxygen atoms in total. The minimum absolute atomic E-state index is 0.594. The number of hydrogen-bond acceptors (Lipinski definition) is 4. The highest BCUT2D eigenvalue weighted by molar-refractivity contribution is 5.46. The van der Waals surface area contributed by atoms with Crippen molar-refractivity contribution in [2.45, 2.75) is 19.8 Å². The van der Waals surface area contributed by atoms with E-state index in [1.165, 1.54) is 5.56 Å². The van der Waals surface area contributed by atoms with Gasteiger partial charge in [0, 0.05) is 18.8 Å². The van der Waals surface area contributed by atoms with Crippen LogP contribution in [-0.4, -0.2) is 24.7 Å². The van der Waals surface area contributed by atoms with Gasteiger partial charge in [-0.15, -0.1) is 0 Å². The standard InChI is InChI=1S/C17H22N2O2/c1-2-20-16-5-3-4-15(6-10-18)17(16)21-13-9-14-7-11-19-12-8-14/h3-5,7-8,11-12H,2,6,9-10,13,18H2,1H3. The van der Waals surface area contributed by atoms with Gasteiger partial charge in [-0.05, 0) is 49.2 Å². The Morgan fingerprint density at radius 1 is 1.05 bits per heavy atom. The van der Waals surface area contributed by atoms with Crippen LogP contribution in [0.1, 0.15) is 18.1 Å². The number of benzene rings is 1. The molecule has 0 fully saturated rings. The van der Waals surface area contributed by atoms with Gasteiger partial charge in [-0.3, -0.25) is 4.98 Å². The largest absolute Gasteiger partial charge is 0.490 e. The van der Waals surface area contributed by atoms with E-state index in [1.807, 2.05) is 37.3 Å². The molecule has 0 saturated heterocycles. The van der Waals surface area contributed by atoms with E-state index < -0.39 is 0 Å². The monoisotopic (exact) mass is 286 g/mol. The first-order valence-corrected chi connectivity index (χ1v) is 7.31. The number of ether oxygens (including phenoxy) is 2. The van der Waals surface area contributed by atoms with E-state index in [0.29, 0.717) is 19.8 Å². The van der Waals surface area contributed by atoms with Crippen molar-refractivity contribution in [1.82, 2.24) is 4.98 Å². The molecule has 21 heavy (non-hydrogen) atoms. The Kier molecular flexibility index (Phi) is 6.03. The van der Waals surface area contributed by atoms with Crippen molar-refractivity contribution in [3.05, 3.63) is 53.9 Å². The summed E-state index contributed by atoms with van der Waals surface area (Å²) in [4.78, 5) is 4.01. The third kappa shape index (κ3) is 4.46. The molecule has 0 bridgehead atoms. The summed E-state index contributed by atoms with van der Waals surface area (Å²) < 4.78 is 11.6. The zero-order valence-corrected chi connectivity index (χ0v) is 12.4. The van der Waals surface area contributed by atoms with Gasteiger partial charge in [0.05, 0.1) is 13.2 Å². The maximum Gasteiger partial charge on any atom is 0.164 e. The number of aromatic nitrogens is 1. The highest BCUT2D eigenvalue weighted by Gasteiger charge is 2.10. The van der Waals surface area contributed by atoms with Crippen LogP contribution in [0.25, 0.3) is 0 Å². The van der Waals surface area contributed by atoms with E-state index in [4.69, 9.17) is 15.2 Å². The zero-order valence-electron chi connectivity index (χ0n) is 12.4. The molecule has 1 aromatic carbocycles. The average Bonchev–Trinajstić information content (AvgIpc) is 2.51. The lowest BCUT2D eigenvalue weighted by molar-refractivity contribution is 0.276. The molecular weight excluding hydrogens is 264 g/mol. The van der Waals surface area contributed by atoms with Crippen LogP contribution in [0.2, 0.25) is 0 Å². The van der Waals surface area contributed by atoms with Crippen LogP contribution < -0.4 is 15.2 Å². The summed E-state index contributed by atoms with van der Waals surface area (Å²) in [5.74, 6) is 1.61. The Labute approximate surface area is 125 Å². The second-order valence-corrected chi connectivity index (χ2v) is 4.67. The zero-order chi connectivity index (χ0) is 14.9. The highest BCUT2D eigenvalue weighted by atomic mass is 16.5. The summed E-state index contributed by atoms with van der Waals surface area (Å²) in [5.41, 5.74) is 7.97. The van der Waals surface area contributed by atoms with Crippen LogP contribution in [0.5, 0.6) is 11.5 Å². The van der Waals surface area contributed by atoms with E-state index in [9.17, 15) is 0 Å². The van der Waals surface area contributed by atoms with E-state index in [-0.39, 0.29) is 0 Å². The van der Waals surface area contributed by atoms with Crippen LogP contribution in [0.3, 0.4) is 0 Å². The maximum atomic E-state index is 5.98. The molecular formula is C17H22N2O2. The van der Waals surface area contributed by atoms with Crippen molar-refractivity contribution in [3.63, 3.8) is 0 Å². The first kappa shape index (κ1) is 15.3. The van der Waals surface area contributed by atoms with Crippen molar-refractivity contribution < 1.29 is 9.47 Å². The van der Waals surface area contributed by atoms with E-state index in [2.05, 4.69) is 4.98 Å². The number of hydrogen-bond donors (Lipinski definition) is 1. The Balaban J connectivity index is 2.06. The molecule has 112 valence electrons. The van der Waals surface area contributed by atoms with Gasteiger partial charge in [-0.2, -0.15) is 0 Å². The molecule has 4 heteroatoms. The van der Waals surface area contributed by atoms with Gasteiger partial charge in [0.1, 0.15) is 0 Å². The molecule has 0 atom stereocenters. The molecule has 2 aromatic rings. The lowest BCUT2D eigenvalue weighted by Gasteiger charge is -2.15. The van der Waals surface area contributed by atoms with Crippen molar-refractivity contribution in [3.8, 4) is 11.5 Å². The Morgan fingerprint density at radius 3 is 2.57 bits per heavy atom. The number of rotatable bonds is 8. The third-order valence-corrected chi connectivity index (χ3v) is 3.16. The summed E-state index contributed by atoms with van der Waals surface area (Å²) >= 11 is 0. The summed E-state index contributed by atoms with van der Waals surface area (Å²) in [6.45, 7) is 3.78. The normalized spacial score (nSPS) is 10.4. The minimum atomic E-state index is 0.594. The van der Waals surface area contributed by atoms with Gasteiger partial charge >= 0.3 is 0 Å². The molecule has 0 radical (unpaired) electrons. The second-order valence-electron chi connectivity index (χ2n) is 4.67. The molecule has 2 rings (SSSR count). The molecule has 0 amide bonds. The first-order chi connectivity index (χ1) is 10.3. The molecule has 0 saturated carbocycles. The topological polar surface area (TPSA) is 57.4 Å². The minimum Gasteiger partial charge on any atom is -0.490 e. The van der Waals surface area contributed by atoms with Crippen molar-refractivity contribution in [2.24, 2.45) is 5.73 Å². The summed E-state index contributed by atoms with van der Waals surface area (Å²) in [5, 5.41) is 0. The van der Waals surface area contributed by atoms with Gasteiger partial charge in [-0.1, -0.05) is 12.1 Å². The highest BCUT2D eigenvalue weighted by Crippen LogP contribution is 2.31. The second kappa shape index (κ2) is 8.27. The molecule has 0 aliphatic heterocycles. The lowest BCUT2D eigenvalue weighted by atomic mass is 10.1. The van der Waals surface area contributed by atoms with Crippen LogP contribution in [0, 0.1) is 0 Å². The number of para-hydroxylation sites is 1. The fourth-order valence-electron chi connectivity index (χ4n) is 2.17. The molecule has 0 aliphatic rings. The third-order valence-electron chi connectivity index (χ3n) is 3.16. The van der Waals surface area contributed by atoms with E-state index in [0.717, 1.165) is 29.9 Å². The Bertz CT molecular complexity index is 519. The lowest BCUT2D eigenvalue weighted by Crippen LogP contribution is -2.09. The quantitative estimate of drug-likeness (QED) is 0.810. The van der Waals surface area contributed by atoms with Crippen LogP contribution in [-0.2, 0) is 12.8 Å². The molecule has 0 aliphatic carbocycles. The average molecular weight is 286 g/mol. The van der Waals surface area contributed by atoms with Gasteiger partial charge < -0.3 is 15.2 Å². The number of pyridine rings is 1. The van der Waals surface area contributed by atoms with Crippen LogP contribution in [0.15, 0.2) is 42.7 Å². The van der Waals surface area contributed by atoms with Crippen LogP contribution >= 0.6 is 0 Å². The molecule has 1 heterocycles. The Hall–Kier alpha value is -2.07.